The van der Waals surface area contributed by atoms with Crippen LogP contribution in [0.25, 0.3) is 0 Å². The maximum absolute atomic E-state index is 9.21. The van der Waals surface area contributed by atoms with Crippen molar-refractivity contribution in [3.05, 3.63) is 0 Å². The fourth-order valence-electron chi connectivity index (χ4n) is 1.57. The molecule has 182 valence electrons. The molecule has 0 aliphatic heterocycles. The Morgan fingerprint density at radius 3 is 1.38 bits per heavy atom. The topological polar surface area (TPSA) is 235 Å². The summed E-state index contributed by atoms with van der Waals surface area (Å²) >= 11 is 0. The average molecular weight is 434 g/mol. The molecule has 12 heteroatoms. The van der Waals surface area contributed by atoms with E-state index in [1.807, 2.05) is 0 Å². The van der Waals surface area contributed by atoms with Crippen LogP contribution in [0.2, 0.25) is 0 Å². The molecule has 0 aromatic rings. The number of rotatable bonds is 12. The van der Waals surface area contributed by atoms with E-state index < -0.39 is 31.0 Å². The van der Waals surface area contributed by atoms with Gasteiger partial charge in [0.25, 0.3) is 0 Å². The lowest BCUT2D eigenvalue weighted by molar-refractivity contribution is -0.113. The van der Waals surface area contributed by atoms with Gasteiger partial charge in [-0.2, -0.15) is 0 Å². The molecule has 14 N–H and O–H groups in total. The zero-order valence-electron chi connectivity index (χ0n) is 18.2. The first-order valence-electron chi connectivity index (χ1n) is 9.74. The standard InChI is InChI=1S/C7H17NO5.C6H15NO.C2H8N2.C2H7NO/c1-8-2-4(10)6(12)7(13)5(11)3-9;1-3-7(4-2)5-6-8;2*3-1-2-4/h4-13H,2-3H2,1H3;8H,3-6H2,1-2H3;1-4H2;4H,1-3H2/t4-,5+,6+,7+;;;/m0.../s1. The number of aliphatic hydroxyl groups excluding tert-OH is 7. The van der Waals surface area contributed by atoms with Crippen LogP contribution in [-0.4, -0.2) is 138 Å². The Kier molecular flexibility index (Phi) is 36.8. The summed E-state index contributed by atoms with van der Waals surface area (Å²) in [4.78, 5) is 2.18. The molecule has 0 heterocycles. The molecule has 0 aliphatic rings. The van der Waals surface area contributed by atoms with Gasteiger partial charge in [-0.25, -0.2) is 0 Å². The molecule has 0 saturated carbocycles. The normalized spacial score (nSPS) is 14.3. The van der Waals surface area contributed by atoms with E-state index in [0.29, 0.717) is 19.6 Å². The van der Waals surface area contributed by atoms with Gasteiger partial charge in [-0.3, -0.25) is 0 Å². The van der Waals surface area contributed by atoms with E-state index in [0.717, 1.165) is 19.6 Å². The fourth-order valence-corrected chi connectivity index (χ4v) is 1.57. The van der Waals surface area contributed by atoms with Gasteiger partial charge in [0.1, 0.15) is 18.3 Å². The highest BCUT2D eigenvalue weighted by molar-refractivity contribution is 4.81. The number of aliphatic hydroxyl groups is 7. The summed E-state index contributed by atoms with van der Waals surface area (Å²) in [6, 6.07) is 0. The van der Waals surface area contributed by atoms with Gasteiger partial charge < -0.3 is 63.2 Å². The van der Waals surface area contributed by atoms with E-state index in [-0.39, 0.29) is 19.8 Å². The zero-order valence-corrected chi connectivity index (χ0v) is 18.2. The van der Waals surface area contributed by atoms with Crippen molar-refractivity contribution in [3.8, 4) is 0 Å². The molecule has 0 saturated heterocycles. The highest BCUT2D eigenvalue weighted by Crippen LogP contribution is 2.04. The highest BCUT2D eigenvalue weighted by Gasteiger charge is 2.29. The molecule has 0 fully saturated rings. The van der Waals surface area contributed by atoms with Crippen LogP contribution in [0.5, 0.6) is 0 Å². The summed E-state index contributed by atoms with van der Waals surface area (Å²) < 4.78 is 0. The summed E-state index contributed by atoms with van der Waals surface area (Å²) in [5.74, 6) is 0. The van der Waals surface area contributed by atoms with E-state index >= 15 is 0 Å². The van der Waals surface area contributed by atoms with E-state index in [9.17, 15) is 5.11 Å². The zero-order chi connectivity index (χ0) is 23.7. The Hall–Kier alpha value is -0.480. The minimum Gasteiger partial charge on any atom is -0.395 e. The van der Waals surface area contributed by atoms with Crippen molar-refractivity contribution >= 4 is 0 Å². The molecule has 12 nitrogen and oxygen atoms in total. The van der Waals surface area contributed by atoms with Crippen molar-refractivity contribution in [2.75, 3.05) is 72.7 Å². The SMILES string of the molecule is CCN(CC)CCO.CNC[C@H](O)[C@@H](O)[C@H](O)[C@H](O)CO.NCCN.NCCO. The third kappa shape index (κ3) is 27.5. The molecule has 0 amide bonds. The number of nitrogens with zero attached hydrogens (tertiary/aromatic N) is 1. The fraction of sp³-hybridized carbons (Fsp3) is 1.00. The quantitative estimate of drug-likeness (QED) is 0.138. The first-order chi connectivity index (χ1) is 13.7. The molecule has 0 radical (unpaired) electrons. The summed E-state index contributed by atoms with van der Waals surface area (Å²) in [6.45, 7) is 8.46. The number of nitrogens with one attached hydrogen (secondary N) is 1. The molecular weight excluding hydrogens is 386 g/mol. The first kappa shape index (κ1) is 35.9. The summed E-state index contributed by atoms with van der Waals surface area (Å²) in [5, 5.41) is 63.7. The lowest BCUT2D eigenvalue weighted by atomic mass is 10.0. The highest BCUT2D eigenvalue weighted by atomic mass is 16.4. The van der Waals surface area contributed by atoms with Gasteiger partial charge in [-0.05, 0) is 20.1 Å². The molecule has 0 rings (SSSR count). The van der Waals surface area contributed by atoms with Gasteiger partial charge in [-0.15, -0.1) is 0 Å². The van der Waals surface area contributed by atoms with Gasteiger partial charge >= 0.3 is 0 Å². The maximum Gasteiger partial charge on any atom is 0.111 e. The molecule has 4 atom stereocenters. The number of hydrogen-bond donors (Lipinski definition) is 11. The first-order valence-corrected chi connectivity index (χ1v) is 9.74. The molecule has 0 bridgehead atoms. The van der Waals surface area contributed by atoms with Crippen LogP contribution in [0.1, 0.15) is 13.8 Å². The second-order valence-corrected chi connectivity index (χ2v) is 5.70. The van der Waals surface area contributed by atoms with Crippen LogP contribution in [0.3, 0.4) is 0 Å². The van der Waals surface area contributed by atoms with Crippen LogP contribution < -0.4 is 22.5 Å². The van der Waals surface area contributed by atoms with E-state index in [1.54, 1.807) is 7.05 Å². The second-order valence-electron chi connectivity index (χ2n) is 5.70. The van der Waals surface area contributed by atoms with E-state index in [2.05, 4.69) is 24.1 Å². The third-order valence-corrected chi connectivity index (χ3v) is 3.35. The number of likely N-dealkylation sites (N-methyl/N-ethyl adjacent to an activating group) is 2. The van der Waals surface area contributed by atoms with Crippen molar-refractivity contribution in [1.29, 1.82) is 0 Å². The summed E-state index contributed by atoms with van der Waals surface area (Å²) in [7, 11) is 1.57. The molecule has 0 aliphatic carbocycles. The van der Waals surface area contributed by atoms with Gasteiger partial charge in [0.05, 0.1) is 25.9 Å². The Bertz CT molecular complexity index is 273. The van der Waals surface area contributed by atoms with Gasteiger partial charge in [0.15, 0.2) is 0 Å². The predicted molar refractivity (Wildman–Crippen MR) is 114 cm³/mol. The maximum atomic E-state index is 9.21. The van der Waals surface area contributed by atoms with Crippen LogP contribution in [-0.2, 0) is 0 Å². The van der Waals surface area contributed by atoms with Gasteiger partial charge in [0.2, 0.25) is 0 Å². The van der Waals surface area contributed by atoms with Crippen molar-refractivity contribution < 1.29 is 35.7 Å². The van der Waals surface area contributed by atoms with E-state index in [4.69, 9.17) is 47.8 Å². The predicted octanol–water partition coefficient (Wildman–Crippen LogP) is -5.20. The minimum absolute atomic E-state index is 0.0936. The minimum atomic E-state index is -1.55. The van der Waals surface area contributed by atoms with Gasteiger partial charge in [0, 0.05) is 32.7 Å². The van der Waals surface area contributed by atoms with Crippen LogP contribution in [0.4, 0.5) is 0 Å². The molecule has 0 spiro atoms. The number of nitrogens with two attached hydrogens (primary N) is 3. The smallest absolute Gasteiger partial charge is 0.111 e. The molecule has 0 aromatic carbocycles. The Morgan fingerprint density at radius 1 is 0.759 bits per heavy atom. The monoisotopic (exact) mass is 433 g/mol. The van der Waals surface area contributed by atoms with Crippen molar-refractivity contribution in [3.63, 3.8) is 0 Å². The second kappa shape index (κ2) is 29.7. The molecule has 29 heavy (non-hydrogen) atoms. The molecule has 0 aromatic heterocycles. The number of hydrogen-bond acceptors (Lipinski definition) is 12. The molecule has 0 unspecified atom stereocenters. The van der Waals surface area contributed by atoms with Gasteiger partial charge in [-0.1, -0.05) is 13.8 Å². The van der Waals surface area contributed by atoms with Crippen molar-refractivity contribution in [2.45, 2.75) is 38.3 Å². The average Bonchev–Trinajstić information content (AvgIpc) is 2.76. The Morgan fingerprint density at radius 2 is 1.17 bits per heavy atom. The Labute approximate surface area is 174 Å². The van der Waals surface area contributed by atoms with Crippen molar-refractivity contribution in [1.82, 2.24) is 10.2 Å². The van der Waals surface area contributed by atoms with Crippen LogP contribution >= 0.6 is 0 Å². The van der Waals surface area contributed by atoms with Crippen LogP contribution in [0.15, 0.2) is 0 Å². The molecular formula is C17H47N5O7. The third-order valence-electron chi connectivity index (χ3n) is 3.35. The summed E-state index contributed by atoms with van der Waals surface area (Å²) in [5.41, 5.74) is 14.6. The Balaban J connectivity index is -0.000000165. The lowest BCUT2D eigenvalue weighted by Gasteiger charge is -2.25. The van der Waals surface area contributed by atoms with Crippen LogP contribution in [0, 0.1) is 0 Å². The lowest BCUT2D eigenvalue weighted by Crippen LogP contribution is -2.48. The van der Waals surface area contributed by atoms with Crippen molar-refractivity contribution in [2.24, 2.45) is 17.2 Å². The summed E-state index contributed by atoms with van der Waals surface area (Å²) in [6.07, 6.45) is -5.65. The largest absolute Gasteiger partial charge is 0.395 e. The van der Waals surface area contributed by atoms with E-state index in [1.165, 1.54) is 0 Å².